The minimum atomic E-state index is -0.911. The number of hydrogen-bond donors (Lipinski definition) is 1. The molecule has 0 aliphatic carbocycles. The highest BCUT2D eigenvalue weighted by atomic mass is 19.2. The van der Waals surface area contributed by atoms with Crippen molar-refractivity contribution in [2.24, 2.45) is 0 Å². The molecule has 0 fully saturated rings. The van der Waals surface area contributed by atoms with Crippen LogP contribution in [0.3, 0.4) is 0 Å². The second kappa shape index (κ2) is 6.69. The summed E-state index contributed by atoms with van der Waals surface area (Å²) in [5.74, 6) is 3.89. The molecule has 102 valence electrons. The van der Waals surface area contributed by atoms with Gasteiger partial charge in [-0.1, -0.05) is 36.1 Å². The quantitative estimate of drug-likeness (QED) is 0.872. The minimum absolute atomic E-state index is 0.0958. The molecule has 0 amide bonds. The number of benzene rings is 2. The molecule has 0 aliphatic heterocycles. The predicted molar refractivity (Wildman–Crippen MR) is 71.1 cm³/mol. The van der Waals surface area contributed by atoms with Crippen LogP contribution >= 0.6 is 0 Å². The van der Waals surface area contributed by atoms with Crippen molar-refractivity contribution in [1.82, 2.24) is 0 Å². The Labute approximate surface area is 115 Å². The summed E-state index contributed by atoms with van der Waals surface area (Å²) >= 11 is 0. The Balaban J connectivity index is 2.17. The van der Waals surface area contributed by atoms with Crippen LogP contribution in [-0.4, -0.2) is 11.7 Å². The first kappa shape index (κ1) is 14.0. The number of aliphatic hydroxyl groups excluding tert-OH is 1. The molecule has 2 nitrogen and oxygen atoms in total. The Kier molecular flexibility index (Phi) is 4.70. The lowest BCUT2D eigenvalue weighted by Gasteiger charge is -2.09. The molecule has 0 saturated carbocycles. The van der Waals surface area contributed by atoms with E-state index in [4.69, 9.17) is 9.84 Å². The molecule has 0 aromatic heterocycles. The van der Waals surface area contributed by atoms with Gasteiger partial charge in [0.15, 0.2) is 11.6 Å². The van der Waals surface area contributed by atoms with E-state index < -0.39 is 11.6 Å². The van der Waals surface area contributed by atoms with E-state index in [1.807, 2.05) is 0 Å². The zero-order chi connectivity index (χ0) is 14.4. The number of halogens is 2. The van der Waals surface area contributed by atoms with Crippen molar-refractivity contribution in [1.29, 1.82) is 0 Å². The molecule has 2 aromatic rings. The SMILES string of the molecule is OCC#Cc1ccccc1OCc1cccc(F)c1F. The Morgan fingerprint density at radius 2 is 1.85 bits per heavy atom. The molecule has 4 heteroatoms. The molecule has 0 spiro atoms. The normalized spacial score (nSPS) is 9.75. The Morgan fingerprint density at radius 1 is 1.05 bits per heavy atom. The third-order valence-corrected chi connectivity index (χ3v) is 2.60. The summed E-state index contributed by atoms with van der Waals surface area (Å²) in [4.78, 5) is 0. The molecule has 0 aliphatic rings. The molecule has 2 aromatic carbocycles. The molecule has 0 radical (unpaired) electrons. The van der Waals surface area contributed by atoms with Crippen LogP contribution in [0.2, 0.25) is 0 Å². The van der Waals surface area contributed by atoms with Gasteiger partial charge in [0.1, 0.15) is 19.0 Å². The topological polar surface area (TPSA) is 29.5 Å². The van der Waals surface area contributed by atoms with Crippen molar-refractivity contribution < 1.29 is 18.6 Å². The maximum Gasteiger partial charge on any atom is 0.165 e. The average Bonchev–Trinajstić information content (AvgIpc) is 2.47. The second-order valence-corrected chi connectivity index (χ2v) is 3.96. The van der Waals surface area contributed by atoms with E-state index in [0.29, 0.717) is 11.3 Å². The summed E-state index contributed by atoms with van der Waals surface area (Å²) in [6, 6.07) is 10.9. The van der Waals surface area contributed by atoms with Gasteiger partial charge in [0.2, 0.25) is 0 Å². The van der Waals surface area contributed by atoms with Gasteiger partial charge in [0.05, 0.1) is 5.56 Å². The molecule has 0 atom stereocenters. The van der Waals surface area contributed by atoms with E-state index in [9.17, 15) is 8.78 Å². The summed E-state index contributed by atoms with van der Waals surface area (Å²) in [5, 5.41) is 8.69. The van der Waals surface area contributed by atoms with Gasteiger partial charge >= 0.3 is 0 Å². The van der Waals surface area contributed by atoms with Crippen LogP contribution in [0.25, 0.3) is 0 Å². The molecule has 0 bridgehead atoms. The van der Waals surface area contributed by atoms with Gasteiger partial charge in [0, 0.05) is 5.56 Å². The zero-order valence-electron chi connectivity index (χ0n) is 10.6. The van der Waals surface area contributed by atoms with Gasteiger partial charge < -0.3 is 9.84 Å². The highest BCUT2D eigenvalue weighted by molar-refractivity contribution is 5.46. The highest BCUT2D eigenvalue weighted by Gasteiger charge is 2.08. The minimum Gasteiger partial charge on any atom is -0.487 e. The third kappa shape index (κ3) is 3.34. The number of rotatable bonds is 3. The van der Waals surface area contributed by atoms with E-state index in [-0.39, 0.29) is 18.8 Å². The molecular weight excluding hydrogens is 262 g/mol. The van der Waals surface area contributed by atoms with Gasteiger partial charge in [-0.25, -0.2) is 8.78 Å². The first-order chi connectivity index (χ1) is 9.72. The van der Waals surface area contributed by atoms with E-state index >= 15 is 0 Å². The summed E-state index contributed by atoms with van der Waals surface area (Å²) in [5.41, 5.74) is 0.716. The fourth-order valence-corrected chi connectivity index (χ4v) is 1.65. The summed E-state index contributed by atoms with van der Waals surface area (Å²) in [6.07, 6.45) is 0. The van der Waals surface area contributed by atoms with Crippen molar-refractivity contribution in [3.05, 3.63) is 65.2 Å². The summed E-state index contributed by atoms with van der Waals surface area (Å²) in [7, 11) is 0. The first-order valence-electron chi connectivity index (χ1n) is 5.97. The molecule has 0 unspecified atom stereocenters. The van der Waals surface area contributed by atoms with E-state index in [2.05, 4.69) is 11.8 Å². The first-order valence-corrected chi connectivity index (χ1v) is 5.97. The van der Waals surface area contributed by atoms with E-state index in [1.165, 1.54) is 12.1 Å². The predicted octanol–water partition coefficient (Wildman–Crippen LogP) is 2.89. The third-order valence-electron chi connectivity index (χ3n) is 2.60. The Bertz CT molecular complexity index is 657. The number of ether oxygens (including phenoxy) is 1. The van der Waals surface area contributed by atoms with Crippen LogP contribution < -0.4 is 4.74 Å². The molecule has 0 heterocycles. The van der Waals surface area contributed by atoms with Gasteiger partial charge in [-0.3, -0.25) is 0 Å². The lowest BCUT2D eigenvalue weighted by molar-refractivity contribution is 0.296. The van der Waals surface area contributed by atoms with Crippen LogP contribution in [0.4, 0.5) is 8.78 Å². The molecule has 20 heavy (non-hydrogen) atoms. The van der Waals surface area contributed by atoms with Crippen LogP contribution in [0.1, 0.15) is 11.1 Å². The lowest BCUT2D eigenvalue weighted by atomic mass is 10.2. The van der Waals surface area contributed by atoms with E-state index in [1.54, 1.807) is 24.3 Å². The maximum absolute atomic E-state index is 13.5. The molecular formula is C16H12F2O2. The van der Waals surface area contributed by atoms with Crippen molar-refractivity contribution in [2.75, 3.05) is 6.61 Å². The van der Waals surface area contributed by atoms with E-state index in [0.717, 1.165) is 6.07 Å². The summed E-state index contributed by atoms with van der Waals surface area (Å²) in [6.45, 7) is -0.353. The van der Waals surface area contributed by atoms with Gasteiger partial charge in [-0.15, -0.1) is 0 Å². The standard InChI is InChI=1S/C16H12F2O2/c17-14-8-3-6-13(16(14)18)11-20-15-9-2-1-5-12(15)7-4-10-19/h1-3,5-6,8-9,19H,10-11H2. The maximum atomic E-state index is 13.5. The summed E-state index contributed by atoms with van der Waals surface area (Å²) < 4.78 is 32.0. The molecule has 0 saturated heterocycles. The van der Waals surface area contributed by atoms with Crippen molar-refractivity contribution in [3.63, 3.8) is 0 Å². The monoisotopic (exact) mass is 274 g/mol. The molecule has 2 rings (SSSR count). The Morgan fingerprint density at radius 3 is 2.65 bits per heavy atom. The van der Waals surface area contributed by atoms with Crippen LogP contribution in [0.5, 0.6) is 5.75 Å². The number of hydrogen-bond acceptors (Lipinski definition) is 2. The van der Waals surface area contributed by atoms with Crippen molar-refractivity contribution >= 4 is 0 Å². The van der Waals surface area contributed by atoms with Crippen molar-refractivity contribution in [3.8, 4) is 17.6 Å². The van der Waals surface area contributed by atoms with Gasteiger partial charge in [0.25, 0.3) is 0 Å². The zero-order valence-corrected chi connectivity index (χ0v) is 10.6. The Hall–Kier alpha value is -2.38. The van der Waals surface area contributed by atoms with Crippen LogP contribution in [-0.2, 0) is 6.61 Å². The van der Waals surface area contributed by atoms with Crippen molar-refractivity contribution in [2.45, 2.75) is 6.61 Å². The average molecular weight is 274 g/mol. The largest absolute Gasteiger partial charge is 0.487 e. The molecule has 1 N–H and O–H groups in total. The number of aliphatic hydroxyl groups is 1. The van der Waals surface area contributed by atoms with Crippen LogP contribution in [0, 0.1) is 23.5 Å². The van der Waals surface area contributed by atoms with Gasteiger partial charge in [-0.2, -0.15) is 0 Å². The lowest BCUT2D eigenvalue weighted by Crippen LogP contribution is -2.01. The second-order valence-electron chi connectivity index (χ2n) is 3.96. The fourth-order valence-electron chi connectivity index (χ4n) is 1.65. The van der Waals surface area contributed by atoms with Gasteiger partial charge in [-0.05, 0) is 18.2 Å². The smallest absolute Gasteiger partial charge is 0.165 e. The van der Waals surface area contributed by atoms with Crippen LogP contribution in [0.15, 0.2) is 42.5 Å². The highest BCUT2D eigenvalue weighted by Crippen LogP contribution is 2.19. The number of para-hydroxylation sites is 1. The fraction of sp³-hybridized carbons (Fsp3) is 0.125.